The van der Waals surface area contributed by atoms with Gasteiger partial charge in [-0.1, -0.05) is 87.4 Å². The molecule has 2 aromatic rings. The molecule has 0 aliphatic carbocycles. The molecule has 0 saturated carbocycles. The van der Waals surface area contributed by atoms with Gasteiger partial charge in [0, 0.05) is 11.0 Å². The van der Waals surface area contributed by atoms with Gasteiger partial charge in [0.25, 0.3) is 0 Å². The maximum atomic E-state index is 11.9. The monoisotopic (exact) mass is 404 g/mol. The van der Waals surface area contributed by atoms with Crippen LogP contribution in [0.4, 0.5) is 0 Å². The van der Waals surface area contributed by atoms with Gasteiger partial charge in [0.15, 0.2) is 5.60 Å². The first-order valence-corrected chi connectivity index (χ1v) is 11.6. The van der Waals surface area contributed by atoms with Gasteiger partial charge < -0.3 is 9.59 Å². The molecule has 0 spiro atoms. The molecular formula is C28H38NO+. The third-order valence-corrected chi connectivity index (χ3v) is 7.44. The average Bonchev–Trinajstić information content (AvgIpc) is 2.80. The summed E-state index contributed by atoms with van der Waals surface area (Å²) in [4.78, 5) is 0. The van der Waals surface area contributed by atoms with Crippen molar-refractivity contribution in [2.75, 3.05) is 19.6 Å². The van der Waals surface area contributed by atoms with E-state index in [1.165, 1.54) is 37.9 Å². The first-order chi connectivity index (χ1) is 14.5. The summed E-state index contributed by atoms with van der Waals surface area (Å²) in [6.07, 6.45) is 5.61. The topological polar surface area (TPSA) is 20.2 Å². The minimum Gasteiger partial charge on any atom is -0.373 e. The Morgan fingerprint density at radius 1 is 0.867 bits per heavy atom. The molecule has 1 N–H and O–H groups in total. The van der Waals surface area contributed by atoms with E-state index in [9.17, 15) is 5.11 Å². The summed E-state index contributed by atoms with van der Waals surface area (Å²) in [5.74, 6) is 6.90. The Bertz CT molecular complexity index is 838. The average molecular weight is 405 g/mol. The molecule has 1 fully saturated rings. The SMILES string of the molecule is CCC(C)(CC)[C@](O)(C#CC[N+]1(Cc2ccccc2)CCCCC1)c1ccccc1. The van der Waals surface area contributed by atoms with Gasteiger partial charge in [-0.2, -0.15) is 0 Å². The zero-order valence-electron chi connectivity index (χ0n) is 19.0. The van der Waals surface area contributed by atoms with Crippen LogP contribution in [0.3, 0.4) is 0 Å². The number of likely N-dealkylation sites (tertiary alicyclic amines) is 1. The normalized spacial score (nSPS) is 18.1. The number of piperidine rings is 1. The highest BCUT2D eigenvalue weighted by atomic mass is 16.3. The van der Waals surface area contributed by atoms with E-state index in [1.54, 1.807) is 0 Å². The summed E-state index contributed by atoms with van der Waals surface area (Å²) in [5.41, 5.74) is 0.876. The molecule has 160 valence electrons. The lowest BCUT2D eigenvalue weighted by atomic mass is 9.66. The molecule has 1 aliphatic rings. The van der Waals surface area contributed by atoms with E-state index < -0.39 is 5.60 Å². The van der Waals surface area contributed by atoms with Gasteiger partial charge in [-0.15, -0.1) is 0 Å². The highest BCUT2D eigenvalue weighted by molar-refractivity contribution is 5.35. The van der Waals surface area contributed by atoms with Crippen molar-refractivity contribution >= 4 is 0 Å². The van der Waals surface area contributed by atoms with E-state index in [0.717, 1.165) is 36.0 Å². The summed E-state index contributed by atoms with van der Waals surface area (Å²) in [7, 11) is 0. The highest BCUT2D eigenvalue weighted by Crippen LogP contribution is 2.44. The lowest BCUT2D eigenvalue weighted by Crippen LogP contribution is -2.51. The molecule has 2 heteroatoms. The Morgan fingerprint density at radius 2 is 1.43 bits per heavy atom. The second-order valence-electron chi connectivity index (χ2n) is 9.30. The van der Waals surface area contributed by atoms with Crippen molar-refractivity contribution in [2.45, 2.75) is 65.0 Å². The Kier molecular flexibility index (Phi) is 7.40. The Hall–Kier alpha value is -2.08. The molecule has 1 atom stereocenters. The Labute approximate surface area is 183 Å². The molecule has 1 saturated heterocycles. The highest BCUT2D eigenvalue weighted by Gasteiger charge is 2.45. The van der Waals surface area contributed by atoms with Crippen molar-refractivity contribution in [3.63, 3.8) is 0 Å². The molecule has 0 bridgehead atoms. The third-order valence-electron chi connectivity index (χ3n) is 7.44. The maximum absolute atomic E-state index is 11.9. The second-order valence-corrected chi connectivity index (χ2v) is 9.30. The van der Waals surface area contributed by atoms with Crippen LogP contribution in [0.2, 0.25) is 0 Å². The largest absolute Gasteiger partial charge is 0.373 e. The van der Waals surface area contributed by atoms with E-state index in [0.29, 0.717) is 0 Å². The van der Waals surface area contributed by atoms with Crippen molar-refractivity contribution in [1.29, 1.82) is 0 Å². The van der Waals surface area contributed by atoms with Gasteiger partial charge in [-0.25, -0.2) is 0 Å². The van der Waals surface area contributed by atoms with E-state index in [4.69, 9.17) is 0 Å². The molecule has 2 aromatic carbocycles. The van der Waals surface area contributed by atoms with Crippen LogP contribution in [-0.2, 0) is 12.1 Å². The van der Waals surface area contributed by atoms with Crippen LogP contribution >= 0.6 is 0 Å². The van der Waals surface area contributed by atoms with Gasteiger partial charge in [0.1, 0.15) is 13.1 Å². The number of aliphatic hydroxyl groups is 1. The molecule has 0 unspecified atom stereocenters. The molecule has 0 aromatic heterocycles. The Balaban J connectivity index is 1.92. The number of hydrogen-bond donors (Lipinski definition) is 1. The molecule has 1 heterocycles. The number of nitrogens with zero attached hydrogens (tertiary/aromatic N) is 1. The third kappa shape index (κ3) is 4.80. The summed E-state index contributed by atoms with van der Waals surface area (Å²) < 4.78 is 1.01. The fraction of sp³-hybridized carbons (Fsp3) is 0.500. The van der Waals surface area contributed by atoms with Crippen LogP contribution in [0.15, 0.2) is 60.7 Å². The molecular weight excluding hydrogens is 366 g/mol. The molecule has 0 amide bonds. The quantitative estimate of drug-likeness (QED) is 0.450. The number of hydrogen-bond acceptors (Lipinski definition) is 1. The molecule has 0 radical (unpaired) electrons. The number of quaternary nitrogens is 1. The summed E-state index contributed by atoms with van der Waals surface area (Å²) in [6.45, 7) is 10.7. The van der Waals surface area contributed by atoms with E-state index >= 15 is 0 Å². The minimum absolute atomic E-state index is 0.284. The zero-order valence-corrected chi connectivity index (χ0v) is 19.0. The number of benzene rings is 2. The fourth-order valence-electron chi connectivity index (χ4n) is 4.87. The standard InChI is InChI=1S/C28H38NO/c1-4-27(3,5-2)28(30,26-18-11-7-12-19-26)20-15-23-29(21-13-8-14-22-29)24-25-16-9-6-10-17-25/h6-7,9-12,16-19,30H,4-5,8,13-14,21-24H2,1-3H3/q+1/t28-/m0/s1. The zero-order chi connectivity index (χ0) is 21.5. The van der Waals surface area contributed by atoms with E-state index in [-0.39, 0.29) is 5.41 Å². The van der Waals surface area contributed by atoms with Gasteiger partial charge in [-0.05, 0) is 43.6 Å². The first kappa shape index (κ1) is 22.6. The van der Waals surface area contributed by atoms with Crippen LogP contribution in [-0.4, -0.2) is 29.2 Å². The fourth-order valence-corrected chi connectivity index (χ4v) is 4.87. The predicted molar refractivity (Wildman–Crippen MR) is 126 cm³/mol. The molecule has 30 heavy (non-hydrogen) atoms. The molecule has 2 nitrogen and oxygen atoms in total. The summed E-state index contributed by atoms with van der Waals surface area (Å²) in [5, 5.41) is 11.9. The predicted octanol–water partition coefficient (Wildman–Crippen LogP) is 5.90. The smallest absolute Gasteiger partial charge is 0.156 e. The van der Waals surface area contributed by atoms with Gasteiger partial charge in [-0.3, -0.25) is 0 Å². The van der Waals surface area contributed by atoms with Gasteiger partial charge >= 0.3 is 0 Å². The van der Waals surface area contributed by atoms with Crippen molar-refractivity contribution in [1.82, 2.24) is 0 Å². The maximum Gasteiger partial charge on any atom is 0.156 e. The lowest BCUT2D eigenvalue weighted by molar-refractivity contribution is -0.938. The van der Waals surface area contributed by atoms with Crippen LogP contribution < -0.4 is 0 Å². The summed E-state index contributed by atoms with van der Waals surface area (Å²) in [6, 6.07) is 20.8. The molecule has 1 aliphatic heterocycles. The van der Waals surface area contributed by atoms with E-state index in [1.807, 2.05) is 30.3 Å². The van der Waals surface area contributed by atoms with Gasteiger partial charge in [0.2, 0.25) is 0 Å². The van der Waals surface area contributed by atoms with Gasteiger partial charge in [0.05, 0.1) is 13.1 Å². The second kappa shape index (κ2) is 9.82. The van der Waals surface area contributed by atoms with Crippen LogP contribution in [0.5, 0.6) is 0 Å². The number of rotatable bonds is 7. The first-order valence-electron chi connectivity index (χ1n) is 11.6. The lowest BCUT2D eigenvalue weighted by Gasteiger charge is -2.42. The molecule has 3 rings (SSSR count). The van der Waals surface area contributed by atoms with Crippen LogP contribution in [0, 0.1) is 17.3 Å². The minimum atomic E-state index is -1.13. The Morgan fingerprint density at radius 3 is 2.00 bits per heavy atom. The summed E-state index contributed by atoms with van der Waals surface area (Å²) >= 11 is 0. The van der Waals surface area contributed by atoms with Crippen LogP contribution in [0.1, 0.15) is 64.0 Å². The van der Waals surface area contributed by atoms with E-state index in [2.05, 4.69) is 62.9 Å². The van der Waals surface area contributed by atoms with Crippen molar-refractivity contribution < 1.29 is 9.59 Å². The van der Waals surface area contributed by atoms with Crippen molar-refractivity contribution in [3.8, 4) is 11.8 Å². The van der Waals surface area contributed by atoms with Crippen molar-refractivity contribution in [2.24, 2.45) is 5.41 Å². The van der Waals surface area contributed by atoms with Crippen LogP contribution in [0.25, 0.3) is 0 Å². The van der Waals surface area contributed by atoms with Crippen molar-refractivity contribution in [3.05, 3.63) is 71.8 Å².